The van der Waals surface area contributed by atoms with E-state index in [1.54, 1.807) is 0 Å². The number of hydrogen-bond acceptors (Lipinski definition) is 4. The predicted molar refractivity (Wildman–Crippen MR) is 92.6 cm³/mol. The summed E-state index contributed by atoms with van der Waals surface area (Å²) < 4.78 is 5.67. The lowest BCUT2D eigenvalue weighted by Gasteiger charge is -2.30. The van der Waals surface area contributed by atoms with Crippen LogP contribution in [0.3, 0.4) is 0 Å². The summed E-state index contributed by atoms with van der Waals surface area (Å²) >= 11 is 0. The summed E-state index contributed by atoms with van der Waals surface area (Å²) in [6.07, 6.45) is 1.19. The normalized spacial score (nSPS) is 20.2. The van der Waals surface area contributed by atoms with E-state index in [-0.39, 0.29) is 12.0 Å². The lowest BCUT2D eigenvalue weighted by Crippen LogP contribution is -2.46. The van der Waals surface area contributed by atoms with Gasteiger partial charge in [-0.1, -0.05) is 37.3 Å². The fourth-order valence-corrected chi connectivity index (χ4v) is 2.86. The van der Waals surface area contributed by atoms with Crippen LogP contribution in [0.4, 0.5) is 0 Å². The van der Waals surface area contributed by atoms with Gasteiger partial charge in [0.2, 0.25) is 5.91 Å². The van der Waals surface area contributed by atoms with Gasteiger partial charge in [0.05, 0.1) is 19.3 Å². The van der Waals surface area contributed by atoms with Crippen LogP contribution >= 0.6 is 0 Å². The molecule has 1 aromatic rings. The van der Waals surface area contributed by atoms with Gasteiger partial charge in [0.1, 0.15) is 0 Å². The van der Waals surface area contributed by atoms with Crippen molar-refractivity contribution < 1.29 is 9.53 Å². The van der Waals surface area contributed by atoms with E-state index in [2.05, 4.69) is 41.6 Å². The summed E-state index contributed by atoms with van der Waals surface area (Å²) in [7, 11) is 2.09. The van der Waals surface area contributed by atoms with Crippen molar-refractivity contribution >= 4 is 5.91 Å². The fraction of sp³-hybridized carbons (Fsp3) is 0.611. The summed E-state index contributed by atoms with van der Waals surface area (Å²) in [6, 6.07) is 10.3. The zero-order chi connectivity index (χ0) is 16.5. The Hall–Kier alpha value is -1.43. The largest absolute Gasteiger partial charge is 0.374 e. The lowest BCUT2D eigenvalue weighted by molar-refractivity contribution is -0.120. The van der Waals surface area contributed by atoms with E-state index in [0.29, 0.717) is 25.6 Å². The number of amides is 1. The molecular formula is C18H29N3O2. The zero-order valence-electron chi connectivity index (χ0n) is 14.3. The highest BCUT2D eigenvalue weighted by Crippen LogP contribution is 2.17. The van der Waals surface area contributed by atoms with Crippen molar-refractivity contribution in [2.24, 2.45) is 0 Å². The first-order valence-electron chi connectivity index (χ1n) is 8.51. The topological polar surface area (TPSA) is 53.6 Å². The third-order valence-corrected chi connectivity index (χ3v) is 4.31. The molecule has 1 aromatic carbocycles. The van der Waals surface area contributed by atoms with Crippen LogP contribution in [0, 0.1) is 0 Å². The molecule has 2 rings (SSSR count). The first kappa shape index (κ1) is 17.9. The molecule has 1 aliphatic rings. The number of benzene rings is 1. The van der Waals surface area contributed by atoms with E-state index in [1.807, 2.05) is 18.2 Å². The maximum Gasteiger partial charge on any atom is 0.233 e. The van der Waals surface area contributed by atoms with Gasteiger partial charge in [0.15, 0.2) is 0 Å². The molecule has 128 valence electrons. The van der Waals surface area contributed by atoms with Gasteiger partial charge < -0.3 is 20.3 Å². The summed E-state index contributed by atoms with van der Waals surface area (Å²) in [5, 5.41) is 6.22. The quantitative estimate of drug-likeness (QED) is 0.756. The third-order valence-electron chi connectivity index (χ3n) is 4.31. The van der Waals surface area contributed by atoms with E-state index in [4.69, 9.17) is 4.74 Å². The van der Waals surface area contributed by atoms with Gasteiger partial charge >= 0.3 is 0 Å². The Morgan fingerprint density at radius 2 is 2.17 bits per heavy atom. The second kappa shape index (κ2) is 9.65. The number of likely N-dealkylation sites (N-methyl/N-ethyl adjacent to an activating group) is 1. The Balaban J connectivity index is 1.64. The molecule has 0 radical (unpaired) electrons. The van der Waals surface area contributed by atoms with Gasteiger partial charge in [-0.3, -0.25) is 4.79 Å². The van der Waals surface area contributed by atoms with Crippen LogP contribution in [0.25, 0.3) is 0 Å². The maximum atomic E-state index is 12.0. The second-order valence-corrected chi connectivity index (χ2v) is 6.21. The lowest BCUT2D eigenvalue weighted by atomic mass is 9.96. The number of rotatable bonds is 8. The van der Waals surface area contributed by atoms with Crippen molar-refractivity contribution in [2.45, 2.75) is 25.4 Å². The minimum absolute atomic E-state index is 0.0449. The average molecular weight is 319 g/mol. The summed E-state index contributed by atoms with van der Waals surface area (Å²) in [6.45, 7) is 6.56. The van der Waals surface area contributed by atoms with Crippen molar-refractivity contribution in [1.29, 1.82) is 0 Å². The Morgan fingerprint density at radius 3 is 2.87 bits per heavy atom. The maximum absolute atomic E-state index is 12.0. The molecule has 0 spiro atoms. The number of nitrogens with zero attached hydrogens (tertiary/aromatic N) is 1. The monoisotopic (exact) mass is 319 g/mol. The second-order valence-electron chi connectivity index (χ2n) is 6.21. The average Bonchev–Trinajstić information content (AvgIpc) is 2.56. The first-order chi connectivity index (χ1) is 11.2. The summed E-state index contributed by atoms with van der Waals surface area (Å²) in [5.41, 5.74) is 1.28. The molecule has 1 aliphatic heterocycles. The molecule has 5 heteroatoms. The summed E-state index contributed by atoms with van der Waals surface area (Å²) in [4.78, 5) is 14.2. The van der Waals surface area contributed by atoms with Gasteiger partial charge in [0.25, 0.3) is 0 Å². The number of carbonyl (C=O) groups is 1. The molecule has 2 atom stereocenters. The standard InChI is InChI=1S/C18H29N3O2/c1-3-15(16-7-5-4-6-8-16)11-20-18(22)13-19-12-17-14-21(2)9-10-23-17/h4-8,15,17,19H,3,9-14H2,1-2H3,(H,20,22). The van der Waals surface area contributed by atoms with E-state index in [9.17, 15) is 4.79 Å². The third kappa shape index (κ3) is 6.29. The fourth-order valence-electron chi connectivity index (χ4n) is 2.86. The van der Waals surface area contributed by atoms with Gasteiger partial charge in [-0.2, -0.15) is 0 Å². The Labute approximate surface area is 139 Å². The van der Waals surface area contributed by atoms with Crippen molar-refractivity contribution in [3.8, 4) is 0 Å². The van der Waals surface area contributed by atoms with Crippen molar-refractivity contribution in [1.82, 2.24) is 15.5 Å². The van der Waals surface area contributed by atoms with Gasteiger partial charge in [0, 0.05) is 32.1 Å². The van der Waals surface area contributed by atoms with Gasteiger partial charge in [-0.15, -0.1) is 0 Å². The first-order valence-corrected chi connectivity index (χ1v) is 8.51. The SMILES string of the molecule is CCC(CNC(=O)CNCC1CN(C)CCO1)c1ccccc1. The zero-order valence-corrected chi connectivity index (χ0v) is 14.3. The van der Waals surface area contributed by atoms with Crippen LogP contribution < -0.4 is 10.6 Å². The van der Waals surface area contributed by atoms with Gasteiger partial charge in [-0.05, 0) is 19.0 Å². The Morgan fingerprint density at radius 1 is 1.39 bits per heavy atom. The van der Waals surface area contributed by atoms with E-state index >= 15 is 0 Å². The molecule has 0 aromatic heterocycles. The molecule has 2 unspecified atom stereocenters. The van der Waals surface area contributed by atoms with Crippen LogP contribution in [-0.2, 0) is 9.53 Å². The molecule has 0 bridgehead atoms. The molecule has 0 aliphatic carbocycles. The van der Waals surface area contributed by atoms with Crippen molar-refractivity contribution in [3.05, 3.63) is 35.9 Å². The number of carbonyl (C=O) groups excluding carboxylic acids is 1. The number of morpholine rings is 1. The molecule has 1 fully saturated rings. The molecule has 1 amide bonds. The Bertz CT molecular complexity index is 467. The van der Waals surface area contributed by atoms with Gasteiger partial charge in [-0.25, -0.2) is 0 Å². The van der Waals surface area contributed by atoms with E-state index in [1.165, 1.54) is 5.56 Å². The number of nitrogens with one attached hydrogen (secondary N) is 2. The highest BCUT2D eigenvalue weighted by Gasteiger charge is 2.17. The minimum Gasteiger partial charge on any atom is -0.374 e. The number of ether oxygens (including phenoxy) is 1. The Kier molecular flexibility index (Phi) is 7.52. The van der Waals surface area contributed by atoms with Crippen molar-refractivity contribution in [3.63, 3.8) is 0 Å². The minimum atomic E-state index is 0.0449. The molecular weight excluding hydrogens is 290 g/mol. The summed E-state index contributed by atoms with van der Waals surface area (Å²) in [5.74, 6) is 0.416. The number of hydrogen-bond donors (Lipinski definition) is 2. The smallest absolute Gasteiger partial charge is 0.233 e. The van der Waals surface area contributed by atoms with E-state index in [0.717, 1.165) is 26.1 Å². The molecule has 2 N–H and O–H groups in total. The molecule has 1 saturated heterocycles. The molecule has 1 heterocycles. The van der Waals surface area contributed by atoms with Crippen LogP contribution in [0.2, 0.25) is 0 Å². The van der Waals surface area contributed by atoms with Crippen LogP contribution in [-0.4, -0.2) is 63.3 Å². The molecule has 23 heavy (non-hydrogen) atoms. The molecule has 5 nitrogen and oxygen atoms in total. The van der Waals surface area contributed by atoms with E-state index < -0.39 is 0 Å². The van der Waals surface area contributed by atoms with Crippen LogP contribution in [0.5, 0.6) is 0 Å². The van der Waals surface area contributed by atoms with Crippen LogP contribution in [0.1, 0.15) is 24.8 Å². The van der Waals surface area contributed by atoms with Crippen molar-refractivity contribution in [2.75, 3.05) is 46.4 Å². The van der Waals surface area contributed by atoms with Crippen LogP contribution in [0.15, 0.2) is 30.3 Å². The highest BCUT2D eigenvalue weighted by atomic mass is 16.5. The predicted octanol–water partition coefficient (Wildman–Crippen LogP) is 1.22. The molecule has 0 saturated carbocycles. The highest BCUT2D eigenvalue weighted by molar-refractivity contribution is 5.78.